The van der Waals surface area contributed by atoms with E-state index in [1.54, 1.807) is 14.0 Å². The number of anilines is 2. The van der Waals surface area contributed by atoms with E-state index in [1.807, 2.05) is 0 Å². The van der Waals surface area contributed by atoms with Crippen LogP contribution in [-0.4, -0.2) is 35.6 Å². The highest BCUT2D eigenvalue weighted by molar-refractivity contribution is 7.91. The minimum Gasteiger partial charge on any atom is -0.394 e. The van der Waals surface area contributed by atoms with Gasteiger partial charge in [0, 0.05) is 7.05 Å². The van der Waals surface area contributed by atoms with Crippen molar-refractivity contribution < 1.29 is 13.2 Å². The van der Waals surface area contributed by atoms with Crippen molar-refractivity contribution in [3.05, 3.63) is 5.69 Å². The standard InChI is InChI=1S/C10H16N4O3S/c1-6-8(11)9(14(2)13-6)12-10(15)7-3-4-18(16,17)5-7/h7H,3-5,11H2,1-2H3,(H,12,15). The maximum Gasteiger partial charge on any atom is 0.229 e. The maximum absolute atomic E-state index is 11.9. The molecular formula is C10H16N4O3S. The molecule has 1 amide bonds. The molecule has 1 aliphatic rings. The fourth-order valence-electron chi connectivity index (χ4n) is 2.04. The van der Waals surface area contributed by atoms with Crippen molar-refractivity contribution in [2.24, 2.45) is 13.0 Å². The maximum atomic E-state index is 11.9. The zero-order valence-corrected chi connectivity index (χ0v) is 11.1. The van der Waals surface area contributed by atoms with E-state index in [0.29, 0.717) is 23.6 Å². The van der Waals surface area contributed by atoms with Gasteiger partial charge in [0.25, 0.3) is 0 Å². The van der Waals surface area contributed by atoms with Crippen LogP contribution in [-0.2, 0) is 21.7 Å². The lowest BCUT2D eigenvalue weighted by atomic mass is 10.1. The van der Waals surface area contributed by atoms with Crippen molar-refractivity contribution in [3.63, 3.8) is 0 Å². The van der Waals surface area contributed by atoms with Gasteiger partial charge in [-0.15, -0.1) is 0 Å². The van der Waals surface area contributed by atoms with Crippen LogP contribution in [0, 0.1) is 12.8 Å². The molecule has 1 saturated heterocycles. The fraction of sp³-hybridized carbons (Fsp3) is 0.600. The number of nitrogens with two attached hydrogens (primary N) is 1. The van der Waals surface area contributed by atoms with Gasteiger partial charge < -0.3 is 11.1 Å². The lowest BCUT2D eigenvalue weighted by Crippen LogP contribution is -2.25. The first-order chi connectivity index (χ1) is 8.30. The molecule has 1 unspecified atom stereocenters. The van der Waals surface area contributed by atoms with Gasteiger partial charge in [-0.2, -0.15) is 5.10 Å². The molecule has 0 bridgehead atoms. The molecule has 100 valence electrons. The summed E-state index contributed by atoms with van der Waals surface area (Å²) in [4.78, 5) is 11.9. The van der Waals surface area contributed by atoms with Gasteiger partial charge in [0.1, 0.15) is 0 Å². The number of nitrogen functional groups attached to an aromatic ring is 1. The normalized spacial score (nSPS) is 22.0. The average molecular weight is 272 g/mol. The monoisotopic (exact) mass is 272 g/mol. The Kier molecular flexibility index (Phi) is 3.05. The minimum atomic E-state index is -3.06. The molecule has 2 heterocycles. The molecule has 1 fully saturated rings. The second kappa shape index (κ2) is 4.27. The molecule has 0 aliphatic carbocycles. The molecule has 0 spiro atoms. The summed E-state index contributed by atoms with van der Waals surface area (Å²) in [6, 6.07) is 0. The van der Waals surface area contributed by atoms with Gasteiger partial charge in [-0.25, -0.2) is 8.42 Å². The third-order valence-corrected chi connectivity index (χ3v) is 4.88. The third kappa shape index (κ3) is 2.33. The van der Waals surface area contributed by atoms with E-state index in [4.69, 9.17) is 5.73 Å². The number of aromatic nitrogens is 2. The van der Waals surface area contributed by atoms with Crippen molar-refractivity contribution in [2.45, 2.75) is 13.3 Å². The lowest BCUT2D eigenvalue weighted by molar-refractivity contribution is -0.119. The van der Waals surface area contributed by atoms with Crippen molar-refractivity contribution in [1.82, 2.24) is 9.78 Å². The van der Waals surface area contributed by atoms with E-state index < -0.39 is 15.8 Å². The highest BCUT2D eigenvalue weighted by Crippen LogP contribution is 2.24. The molecule has 7 nitrogen and oxygen atoms in total. The molecule has 0 aromatic carbocycles. The molecular weight excluding hydrogens is 256 g/mol. The molecule has 1 aromatic rings. The summed E-state index contributed by atoms with van der Waals surface area (Å²) in [5.41, 5.74) is 6.83. The van der Waals surface area contributed by atoms with Gasteiger partial charge in [0.05, 0.1) is 28.8 Å². The quantitative estimate of drug-likeness (QED) is 0.767. The zero-order chi connectivity index (χ0) is 13.5. The van der Waals surface area contributed by atoms with E-state index in [2.05, 4.69) is 10.4 Å². The number of carbonyl (C=O) groups excluding carboxylic acids is 1. The van der Waals surface area contributed by atoms with Crippen molar-refractivity contribution in [1.29, 1.82) is 0 Å². The molecule has 1 aromatic heterocycles. The summed E-state index contributed by atoms with van der Waals surface area (Å²) in [6.45, 7) is 1.74. The van der Waals surface area contributed by atoms with E-state index in [1.165, 1.54) is 4.68 Å². The van der Waals surface area contributed by atoms with Crippen LogP contribution in [0.4, 0.5) is 11.5 Å². The summed E-state index contributed by atoms with van der Waals surface area (Å²) in [5.74, 6) is -0.405. The SMILES string of the molecule is Cc1nn(C)c(NC(=O)C2CCS(=O)(=O)C2)c1N. The smallest absolute Gasteiger partial charge is 0.229 e. The highest BCUT2D eigenvalue weighted by Gasteiger charge is 2.33. The number of amides is 1. The minimum absolute atomic E-state index is 0.0744. The molecule has 1 atom stereocenters. The van der Waals surface area contributed by atoms with Gasteiger partial charge in [-0.3, -0.25) is 9.48 Å². The Bertz CT molecular complexity index is 591. The van der Waals surface area contributed by atoms with Gasteiger partial charge in [-0.1, -0.05) is 0 Å². The summed E-state index contributed by atoms with van der Waals surface area (Å²) >= 11 is 0. The van der Waals surface area contributed by atoms with Crippen LogP contribution in [0.3, 0.4) is 0 Å². The van der Waals surface area contributed by atoms with Crippen LogP contribution in [0.1, 0.15) is 12.1 Å². The van der Waals surface area contributed by atoms with E-state index in [-0.39, 0.29) is 17.4 Å². The number of sulfone groups is 1. The van der Waals surface area contributed by atoms with Crippen molar-refractivity contribution in [2.75, 3.05) is 22.6 Å². The zero-order valence-electron chi connectivity index (χ0n) is 10.3. The predicted molar refractivity (Wildman–Crippen MR) is 67.7 cm³/mol. The average Bonchev–Trinajstić information content (AvgIpc) is 2.74. The third-order valence-electron chi connectivity index (χ3n) is 3.11. The van der Waals surface area contributed by atoms with E-state index in [0.717, 1.165) is 0 Å². The second-order valence-electron chi connectivity index (χ2n) is 4.56. The Morgan fingerprint density at radius 3 is 2.67 bits per heavy atom. The first kappa shape index (κ1) is 12.9. The van der Waals surface area contributed by atoms with E-state index in [9.17, 15) is 13.2 Å². The number of rotatable bonds is 2. The lowest BCUT2D eigenvalue weighted by Gasteiger charge is -2.10. The topological polar surface area (TPSA) is 107 Å². The Hall–Kier alpha value is -1.57. The van der Waals surface area contributed by atoms with E-state index >= 15 is 0 Å². The first-order valence-electron chi connectivity index (χ1n) is 5.60. The fourth-order valence-corrected chi connectivity index (χ4v) is 3.78. The van der Waals surface area contributed by atoms with Crippen LogP contribution >= 0.6 is 0 Å². The number of aryl methyl sites for hydroxylation is 2. The molecule has 0 saturated carbocycles. The van der Waals surface area contributed by atoms with Crippen molar-refractivity contribution in [3.8, 4) is 0 Å². The number of nitrogens with zero attached hydrogens (tertiary/aromatic N) is 2. The Balaban J connectivity index is 2.13. The highest BCUT2D eigenvalue weighted by atomic mass is 32.2. The molecule has 1 aliphatic heterocycles. The second-order valence-corrected chi connectivity index (χ2v) is 6.79. The Morgan fingerprint density at radius 2 is 2.22 bits per heavy atom. The number of carbonyl (C=O) groups is 1. The van der Waals surface area contributed by atoms with Crippen LogP contribution in [0.15, 0.2) is 0 Å². The van der Waals surface area contributed by atoms with Crippen LogP contribution in [0.5, 0.6) is 0 Å². The van der Waals surface area contributed by atoms with Crippen LogP contribution in [0.2, 0.25) is 0 Å². The Labute approximate surface area is 105 Å². The van der Waals surface area contributed by atoms with Crippen molar-refractivity contribution >= 4 is 27.2 Å². The largest absolute Gasteiger partial charge is 0.394 e. The Morgan fingerprint density at radius 1 is 1.56 bits per heavy atom. The number of nitrogens with one attached hydrogen (secondary N) is 1. The van der Waals surface area contributed by atoms with Gasteiger partial charge in [0.2, 0.25) is 5.91 Å². The summed E-state index contributed by atoms with van der Waals surface area (Å²) < 4.78 is 24.1. The summed E-state index contributed by atoms with van der Waals surface area (Å²) in [6.07, 6.45) is 0.366. The van der Waals surface area contributed by atoms with Gasteiger partial charge >= 0.3 is 0 Å². The molecule has 8 heteroatoms. The van der Waals surface area contributed by atoms with Crippen LogP contribution in [0.25, 0.3) is 0 Å². The van der Waals surface area contributed by atoms with Gasteiger partial charge in [-0.05, 0) is 13.3 Å². The molecule has 3 N–H and O–H groups in total. The summed E-state index contributed by atoms with van der Waals surface area (Å²) in [7, 11) is -1.39. The first-order valence-corrected chi connectivity index (χ1v) is 7.42. The van der Waals surface area contributed by atoms with Gasteiger partial charge in [0.15, 0.2) is 15.7 Å². The van der Waals surface area contributed by atoms with Crippen LogP contribution < -0.4 is 11.1 Å². The molecule has 18 heavy (non-hydrogen) atoms. The molecule has 2 rings (SSSR count). The molecule has 0 radical (unpaired) electrons. The number of hydrogen-bond acceptors (Lipinski definition) is 5. The predicted octanol–water partition coefficient (Wildman–Crippen LogP) is -0.316. The number of hydrogen-bond donors (Lipinski definition) is 2. The summed E-state index contributed by atoms with van der Waals surface area (Å²) in [5, 5.41) is 6.73.